The van der Waals surface area contributed by atoms with Gasteiger partial charge in [-0.3, -0.25) is 0 Å². The van der Waals surface area contributed by atoms with Gasteiger partial charge < -0.3 is 19.2 Å². The van der Waals surface area contributed by atoms with Crippen molar-refractivity contribution < 1.29 is 27.1 Å². The third-order valence-corrected chi connectivity index (χ3v) is 6.16. The first-order valence-corrected chi connectivity index (χ1v) is 11.4. The van der Waals surface area contributed by atoms with Crippen molar-refractivity contribution in [2.24, 2.45) is 0 Å². The highest BCUT2D eigenvalue weighted by molar-refractivity contribution is 5.87. The second-order valence-electron chi connectivity index (χ2n) is 8.54. The molecule has 0 aliphatic heterocycles. The molecule has 1 N–H and O–H groups in total. The summed E-state index contributed by atoms with van der Waals surface area (Å²) in [5.74, 6) is 1.73. The van der Waals surface area contributed by atoms with Crippen molar-refractivity contribution in [3.63, 3.8) is 0 Å². The first-order valence-electron chi connectivity index (χ1n) is 11.4. The van der Waals surface area contributed by atoms with Crippen LogP contribution in [-0.2, 0) is 6.18 Å². The largest absolute Gasteiger partial charge is 0.497 e. The number of fused-ring (bicyclic) bond motifs is 1. The highest BCUT2D eigenvalue weighted by Crippen LogP contribution is 2.37. The van der Waals surface area contributed by atoms with E-state index in [-0.39, 0.29) is 18.4 Å². The molecule has 0 amide bonds. The molecule has 0 bridgehead atoms. The molecule has 3 aromatic carbocycles. The highest BCUT2D eigenvalue weighted by Gasteiger charge is 2.31. The molecule has 0 unspecified atom stereocenters. The van der Waals surface area contributed by atoms with Crippen LogP contribution in [0.5, 0.6) is 11.5 Å². The van der Waals surface area contributed by atoms with Crippen molar-refractivity contribution in [3.8, 4) is 22.6 Å². The van der Waals surface area contributed by atoms with Gasteiger partial charge in [-0.15, -0.1) is 0 Å². The maximum Gasteiger partial charge on any atom is 0.416 e. The molecule has 1 aromatic heterocycles. The Hall–Kier alpha value is -3.45. The van der Waals surface area contributed by atoms with Crippen molar-refractivity contribution >= 4 is 11.0 Å². The molecule has 1 atom stereocenters. The molecule has 4 aromatic rings. The summed E-state index contributed by atoms with van der Waals surface area (Å²) in [4.78, 5) is 0. The van der Waals surface area contributed by atoms with Crippen LogP contribution in [0.2, 0.25) is 0 Å². The van der Waals surface area contributed by atoms with E-state index in [9.17, 15) is 13.2 Å². The lowest BCUT2D eigenvalue weighted by molar-refractivity contribution is -0.137. The number of hydrogen-bond donors (Lipinski definition) is 1. The molecule has 4 rings (SSSR count). The van der Waals surface area contributed by atoms with E-state index in [1.54, 1.807) is 25.3 Å². The van der Waals surface area contributed by atoms with Crippen molar-refractivity contribution in [2.75, 3.05) is 20.3 Å². The van der Waals surface area contributed by atoms with E-state index >= 15 is 0 Å². The summed E-state index contributed by atoms with van der Waals surface area (Å²) in [6, 6.07) is 17.0. The van der Waals surface area contributed by atoms with Crippen LogP contribution in [0.1, 0.15) is 35.4 Å². The Morgan fingerprint density at radius 2 is 1.74 bits per heavy atom. The van der Waals surface area contributed by atoms with Crippen LogP contribution in [0.3, 0.4) is 0 Å². The Morgan fingerprint density at radius 3 is 2.49 bits per heavy atom. The van der Waals surface area contributed by atoms with Gasteiger partial charge in [0.05, 0.1) is 12.7 Å². The van der Waals surface area contributed by atoms with Gasteiger partial charge in [0.1, 0.15) is 29.4 Å². The van der Waals surface area contributed by atoms with Gasteiger partial charge in [0.2, 0.25) is 0 Å². The van der Waals surface area contributed by atoms with Crippen LogP contribution in [-0.4, -0.2) is 20.3 Å². The number of alkyl halides is 3. The molecule has 0 saturated carbocycles. The number of hydrogen-bond acceptors (Lipinski definition) is 4. The lowest BCUT2D eigenvalue weighted by atomic mass is 10.00. The fraction of sp³-hybridized carbons (Fsp3) is 0.286. The van der Waals surface area contributed by atoms with Crippen molar-refractivity contribution in [3.05, 3.63) is 83.1 Å². The Labute approximate surface area is 202 Å². The monoisotopic (exact) mass is 483 g/mol. The van der Waals surface area contributed by atoms with Gasteiger partial charge in [0, 0.05) is 18.0 Å². The fourth-order valence-corrected chi connectivity index (χ4v) is 4.01. The van der Waals surface area contributed by atoms with E-state index < -0.39 is 11.7 Å². The molecule has 35 heavy (non-hydrogen) atoms. The van der Waals surface area contributed by atoms with E-state index in [2.05, 4.69) is 5.32 Å². The molecule has 0 spiro atoms. The number of nitrogens with one attached hydrogen (secondary N) is 1. The summed E-state index contributed by atoms with van der Waals surface area (Å²) in [6.45, 7) is 6.49. The Bertz CT molecular complexity index is 1330. The SMILES string of the molecule is COc1cccc([C@@H](C)NCCOc2cc(-c3ccc4oc(C)c(C)c4c3)cc(C(F)(F)F)c2)c1. The number of ether oxygens (including phenoxy) is 2. The number of benzene rings is 3. The van der Waals surface area contributed by atoms with Crippen LogP contribution in [0.25, 0.3) is 22.1 Å². The minimum Gasteiger partial charge on any atom is -0.497 e. The molecule has 184 valence electrons. The standard InChI is InChI=1S/C28H28F3NO3/c1-17-19(3)35-27-9-8-21(15-26(17)27)22-12-23(28(29,30)31)16-25(14-22)34-11-10-32-18(2)20-6-5-7-24(13-20)33-4/h5-9,12-16,18,32H,10-11H2,1-4H3/t18-/m1/s1. The summed E-state index contributed by atoms with van der Waals surface area (Å²) in [7, 11) is 1.61. The Balaban J connectivity index is 1.51. The van der Waals surface area contributed by atoms with Gasteiger partial charge in [-0.2, -0.15) is 13.2 Å². The molecular formula is C28H28F3NO3. The molecule has 0 aliphatic rings. The van der Waals surface area contributed by atoms with Gasteiger partial charge in [-0.25, -0.2) is 0 Å². The first-order chi connectivity index (χ1) is 16.7. The minimum absolute atomic E-state index is 0.0270. The van der Waals surface area contributed by atoms with E-state index in [1.807, 2.05) is 51.1 Å². The fourth-order valence-electron chi connectivity index (χ4n) is 4.01. The van der Waals surface area contributed by atoms with E-state index in [1.165, 1.54) is 0 Å². The lowest BCUT2D eigenvalue weighted by Crippen LogP contribution is -2.24. The molecule has 4 nitrogen and oxygen atoms in total. The van der Waals surface area contributed by atoms with E-state index in [0.29, 0.717) is 23.3 Å². The maximum absolute atomic E-state index is 13.6. The summed E-state index contributed by atoms with van der Waals surface area (Å²) >= 11 is 0. The van der Waals surface area contributed by atoms with Crippen LogP contribution < -0.4 is 14.8 Å². The molecule has 0 fully saturated rings. The molecule has 1 heterocycles. The van der Waals surface area contributed by atoms with Crippen molar-refractivity contribution in [1.82, 2.24) is 5.32 Å². The quantitative estimate of drug-likeness (QED) is 0.264. The first kappa shape index (κ1) is 24.7. The van der Waals surface area contributed by atoms with Gasteiger partial charge in [0.15, 0.2) is 0 Å². The van der Waals surface area contributed by atoms with Crippen LogP contribution >= 0.6 is 0 Å². The molecule has 0 aliphatic carbocycles. The number of furan rings is 1. The number of aryl methyl sites for hydroxylation is 2. The topological polar surface area (TPSA) is 43.6 Å². The molecule has 7 heteroatoms. The van der Waals surface area contributed by atoms with Gasteiger partial charge in [-0.05, 0) is 85.5 Å². The molecule has 0 radical (unpaired) electrons. The van der Waals surface area contributed by atoms with Crippen LogP contribution in [0.4, 0.5) is 13.2 Å². The van der Waals surface area contributed by atoms with Crippen molar-refractivity contribution in [2.45, 2.75) is 33.0 Å². The van der Waals surface area contributed by atoms with Crippen molar-refractivity contribution in [1.29, 1.82) is 0 Å². The second kappa shape index (κ2) is 10.0. The van der Waals surface area contributed by atoms with Gasteiger partial charge in [-0.1, -0.05) is 18.2 Å². The lowest BCUT2D eigenvalue weighted by Gasteiger charge is -2.17. The number of halogens is 3. The third kappa shape index (κ3) is 5.62. The zero-order valence-corrected chi connectivity index (χ0v) is 20.1. The minimum atomic E-state index is -4.49. The average Bonchev–Trinajstić information content (AvgIpc) is 3.13. The Kier molecular flexibility index (Phi) is 7.08. The van der Waals surface area contributed by atoms with Gasteiger partial charge in [0.25, 0.3) is 0 Å². The van der Waals surface area contributed by atoms with Gasteiger partial charge >= 0.3 is 6.18 Å². The Morgan fingerprint density at radius 1 is 0.943 bits per heavy atom. The third-order valence-electron chi connectivity index (χ3n) is 6.16. The molecular weight excluding hydrogens is 455 g/mol. The smallest absolute Gasteiger partial charge is 0.416 e. The number of methoxy groups -OCH3 is 1. The maximum atomic E-state index is 13.6. The van der Waals surface area contributed by atoms with Crippen LogP contribution in [0, 0.1) is 13.8 Å². The molecule has 0 saturated heterocycles. The predicted molar refractivity (Wildman–Crippen MR) is 131 cm³/mol. The zero-order valence-electron chi connectivity index (χ0n) is 20.1. The van der Waals surface area contributed by atoms with Crippen LogP contribution in [0.15, 0.2) is 65.1 Å². The van der Waals surface area contributed by atoms with E-state index in [4.69, 9.17) is 13.9 Å². The zero-order chi connectivity index (χ0) is 25.2. The van der Waals surface area contributed by atoms with E-state index in [0.717, 1.165) is 40.2 Å². The number of rotatable bonds is 8. The summed E-state index contributed by atoms with van der Waals surface area (Å²) in [5.41, 5.74) is 3.09. The normalized spacial score (nSPS) is 12.7. The highest BCUT2D eigenvalue weighted by atomic mass is 19.4. The summed E-state index contributed by atoms with van der Waals surface area (Å²) < 4.78 is 57.6. The summed E-state index contributed by atoms with van der Waals surface area (Å²) in [5, 5.41) is 4.21. The average molecular weight is 484 g/mol. The predicted octanol–water partition coefficient (Wildman–Crippen LogP) is 7.47. The summed E-state index contributed by atoms with van der Waals surface area (Å²) in [6.07, 6.45) is -4.49. The second-order valence-corrected chi connectivity index (χ2v) is 8.54.